The minimum Gasteiger partial charge on any atom is -0.308 e. The molecule has 0 bridgehead atoms. The fraction of sp³-hybridized carbons (Fsp3) is 0.0370. The van der Waals surface area contributed by atoms with Crippen LogP contribution in [0.25, 0.3) is 66.1 Å². The Morgan fingerprint density at radius 1 is 0.348 bits per heavy atom. The van der Waals surface area contributed by atoms with Crippen molar-refractivity contribution in [2.45, 2.75) is 13.8 Å². The fourth-order valence-electron chi connectivity index (χ4n) is 10.0. The Morgan fingerprint density at radius 2 is 0.682 bits per heavy atom. The molecule has 12 rings (SSSR count). The summed E-state index contributed by atoms with van der Waals surface area (Å²) in [5.41, 5.74) is 10.6. The lowest BCUT2D eigenvalue weighted by Gasteiger charge is -2.19. The number of aromatic nitrogens is 2. The van der Waals surface area contributed by atoms with Gasteiger partial charge in [0.05, 0.1) is 67.1 Å². The molecule has 0 saturated carbocycles. The van der Waals surface area contributed by atoms with E-state index in [4.69, 9.17) is 0 Å². The summed E-state index contributed by atoms with van der Waals surface area (Å²) < 4.78 is 7.69. The van der Waals surface area contributed by atoms with Gasteiger partial charge in [-0.3, -0.25) is 19.2 Å². The van der Waals surface area contributed by atoms with Crippen LogP contribution < -0.4 is 9.80 Å². The van der Waals surface area contributed by atoms with E-state index in [2.05, 4.69) is 97.1 Å². The highest BCUT2D eigenvalue weighted by Gasteiger charge is 2.41. The molecule has 2 aromatic heterocycles. The molecule has 10 aromatic rings. The third kappa shape index (κ3) is 5.97. The summed E-state index contributed by atoms with van der Waals surface area (Å²) in [6, 6.07) is 46.3. The topological polar surface area (TPSA) is 84.6 Å². The van der Waals surface area contributed by atoms with Crippen LogP contribution in [0.15, 0.2) is 163 Å². The molecule has 66 heavy (non-hydrogen) atoms. The van der Waals surface area contributed by atoms with E-state index in [0.29, 0.717) is 45.0 Å². The summed E-state index contributed by atoms with van der Waals surface area (Å²) in [6.45, 7) is 3.89. The van der Waals surface area contributed by atoms with Gasteiger partial charge in [-0.1, -0.05) is 112 Å². The van der Waals surface area contributed by atoms with Crippen LogP contribution in [0.5, 0.6) is 0 Å². The number of rotatable bonds is 5. The first-order chi connectivity index (χ1) is 31.9. The van der Waals surface area contributed by atoms with E-state index in [-0.39, 0.29) is 0 Å². The van der Waals surface area contributed by atoms with E-state index >= 15 is 0 Å². The number of carbonyl (C=O) groups is 4. The monoisotopic (exact) mass is 1110 g/mol. The van der Waals surface area contributed by atoms with Crippen molar-refractivity contribution in [3.05, 3.63) is 197 Å². The normalized spacial score (nSPS) is 13.7. The predicted octanol–water partition coefficient (Wildman–Crippen LogP) is 14.8. The number of carbonyl (C=O) groups excluding carboxylic acids is 4. The zero-order valence-electron chi connectivity index (χ0n) is 34.8. The van der Waals surface area contributed by atoms with Crippen molar-refractivity contribution in [3.8, 4) is 22.5 Å². The van der Waals surface area contributed by atoms with Gasteiger partial charge < -0.3 is 9.13 Å². The second kappa shape index (κ2) is 15.0. The van der Waals surface area contributed by atoms with Crippen LogP contribution in [-0.2, 0) is 0 Å². The highest BCUT2D eigenvalue weighted by Crippen LogP contribution is 2.43. The molecule has 0 fully saturated rings. The Bertz CT molecular complexity index is 3530. The van der Waals surface area contributed by atoms with Gasteiger partial charge in [-0.2, -0.15) is 0 Å². The maximum atomic E-state index is 14.6. The molecule has 4 heterocycles. The first-order valence-electron chi connectivity index (χ1n) is 20.9. The van der Waals surface area contributed by atoms with E-state index < -0.39 is 23.6 Å². The largest absolute Gasteiger partial charge is 0.308 e. The molecule has 0 atom stereocenters. The summed E-state index contributed by atoms with van der Waals surface area (Å²) in [4.78, 5) is 60.1. The standard InChI is InChI=1S/C54H30Br4N4O4/c1-27-21-33(59-51(63)41-5-3-7-43(49(41)53(59)65)61-45-23-29(55)9-15-37(45)38-16-10-30(56)24-46(38)61)13-19-35(27)36-20-14-34(22-28(36)2)60-52(64)42-6-4-8-44(50(42)54(60)66)62-47-25-31(57)11-17-39(47)40-18-12-32(58)26-48(40)62/h3-26H,1-2H3. The molecule has 2 aliphatic rings. The van der Waals surface area contributed by atoms with E-state index in [9.17, 15) is 19.2 Å². The van der Waals surface area contributed by atoms with Crippen LogP contribution in [-0.4, -0.2) is 32.8 Å². The average Bonchev–Trinajstić information content (AvgIpc) is 3.96. The van der Waals surface area contributed by atoms with Crippen molar-refractivity contribution in [1.29, 1.82) is 0 Å². The van der Waals surface area contributed by atoms with Crippen LogP contribution in [0, 0.1) is 13.8 Å². The van der Waals surface area contributed by atoms with E-state index in [1.807, 2.05) is 111 Å². The molecule has 318 valence electrons. The molecule has 2 aliphatic heterocycles. The molecule has 8 aromatic carbocycles. The van der Waals surface area contributed by atoms with E-state index in [1.54, 1.807) is 24.3 Å². The van der Waals surface area contributed by atoms with Gasteiger partial charge in [0.15, 0.2) is 0 Å². The zero-order chi connectivity index (χ0) is 45.4. The summed E-state index contributed by atoms with van der Waals surface area (Å²) in [6.07, 6.45) is 0. The number of hydrogen-bond donors (Lipinski definition) is 0. The summed E-state index contributed by atoms with van der Waals surface area (Å²) in [7, 11) is 0. The van der Waals surface area contributed by atoms with Crippen molar-refractivity contribution < 1.29 is 19.2 Å². The summed E-state index contributed by atoms with van der Waals surface area (Å²) in [5, 5.41) is 4.10. The smallest absolute Gasteiger partial charge is 0.268 e. The SMILES string of the molecule is Cc1cc(N2C(=O)c3cccc(-n4c5cc(Br)ccc5c5ccc(Br)cc54)c3C2=O)ccc1-c1ccc(N2C(=O)c3cccc(-n4c5cc(Br)ccc5c5ccc(Br)cc54)c3C2=O)cc1C. The lowest BCUT2D eigenvalue weighted by Crippen LogP contribution is -2.29. The van der Waals surface area contributed by atoms with E-state index in [1.165, 1.54) is 9.80 Å². The Morgan fingerprint density at radius 3 is 1.00 bits per heavy atom. The van der Waals surface area contributed by atoms with E-state index in [0.717, 1.165) is 83.8 Å². The maximum Gasteiger partial charge on any atom is 0.268 e. The second-order valence-electron chi connectivity index (χ2n) is 16.6. The number of nitrogens with zero attached hydrogens (tertiary/aromatic N) is 4. The minimum absolute atomic E-state index is 0.335. The molecule has 4 amide bonds. The van der Waals surface area contributed by atoms with Crippen molar-refractivity contribution in [3.63, 3.8) is 0 Å². The summed E-state index contributed by atoms with van der Waals surface area (Å²) in [5.74, 6) is -1.59. The van der Waals surface area contributed by atoms with Crippen molar-refractivity contribution in [2.75, 3.05) is 9.80 Å². The Balaban J connectivity index is 0.879. The first-order valence-corrected chi connectivity index (χ1v) is 24.1. The molecule has 0 aliphatic carbocycles. The maximum absolute atomic E-state index is 14.6. The van der Waals surface area contributed by atoms with Crippen LogP contribution in [0.1, 0.15) is 52.6 Å². The first kappa shape index (κ1) is 41.0. The van der Waals surface area contributed by atoms with Gasteiger partial charge in [-0.05, 0) is 133 Å². The van der Waals surface area contributed by atoms with Crippen molar-refractivity contribution in [2.24, 2.45) is 0 Å². The number of fused-ring (bicyclic) bond motifs is 8. The number of amides is 4. The third-order valence-corrected chi connectivity index (χ3v) is 14.9. The molecule has 0 radical (unpaired) electrons. The zero-order valence-corrected chi connectivity index (χ0v) is 41.1. The van der Waals surface area contributed by atoms with Crippen LogP contribution in [0.4, 0.5) is 11.4 Å². The number of aryl methyl sites for hydroxylation is 2. The predicted molar refractivity (Wildman–Crippen MR) is 276 cm³/mol. The molecule has 0 unspecified atom stereocenters. The third-order valence-electron chi connectivity index (χ3n) is 12.9. The minimum atomic E-state index is -0.402. The lowest BCUT2D eigenvalue weighted by molar-refractivity contribution is 0.0910. The number of imide groups is 2. The van der Waals surface area contributed by atoms with Crippen LogP contribution in [0.2, 0.25) is 0 Å². The van der Waals surface area contributed by atoms with Gasteiger partial charge in [0, 0.05) is 39.4 Å². The molecule has 8 nitrogen and oxygen atoms in total. The Hall–Kier alpha value is -6.44. The van der Waals surface area contributed by atoms with Crippen molar-refractivity contribution >= 4 is 142 Å². The highest BCUT2D eigenvalue weighted by atomic mass is 79.9. The van der Waals surface area contributed by atoms with Gasteiger partial charge in [0.1, 0.15) is 0 Å². The van der Waals surface area contributed by atoms with Gasteiger partial charge in [0.2, 0.25) is 0 Å². The van der Waals surface area contributed by atoms with Gasteiger partial charge >= 0.3 is 0 Å². The lowest BCUT2D eigenvalue weighted by atomic mass is 9.95. The molecule has 0 N–H and O–H groups in total. The van der Waals surface area contributed by atoms with Crippen LogP contribution in [0.3, 0.4) is 0 Å². The number of halogens is 4. The van der Waals surface area contributed by atoms with Crippen LogP contribution >= 0.6 is 63.7 Å². The highest BCUT2D eigenvalue weighted by molar-refractivity contribution is 9.11. The van der Waals surface area contributed by atoms with Gasteiger partial charge in [-0.15, -0.1) is 0 Å². The summed E-state index contributed by atoms with van der Waals surface area (Å²) >= 11 is 14.6. The quantitative estimate of drug-likeness (QED) is 0.161. The molecule has 0 saturated heterocycles. The molecule has 12 heteroatoms. The molecular weight excluding hydrogens is 1090 g/mol. The Labute approximate surface area is 410 Å². The van der Waals surface area contributed by atoms with Gasteiger partial charge in [0.25, 0.3) is 23.6 Å². The molecule has 0 spiro atoms. The fourth-order valence-corrected chi connectivity index (χ4v) is 11.4. The number of benzene rings is 8. The Kier molecular flexibility index (Phi) is 9.35. The van der Waals surface area contributed by atoms with Gasteiger partial charge in [-0.25, -0.2) is 9.80 Å². The average molecular weight is 1120 g/mol. The molecular formula is C54H30Br4N4O4. The van der Waals surface area contributed by atoms with Crippen molar-refractivity contribution in [1.82, 2.24) is 9.13 Å². The second-order valence-corrected chi connectivity index (χ2v) is 20.3. The number of hydrogen-bond acceptors (Lipinski definition) is 4. The number of anilines is 2.